The van der Waals surface area contributed by atoms with Gasteiger partial charge in [0, 0.05) is 36.7 Å². The van der Waals surface area contributed by atoms with E-state index in [2.05, 4.69) is 10.3 Å². The summed E-state index contributed by atoms with van der Waals surface area (Å²) < 4.78 is 5.29. The van der Waals surface area contributed by atoms with E-state index < -0.39 is 0 Å². The van der Waals surface area contributed by atoms with E-state index in [4.69, 9.17) is 4.74 Å². The predicted octanol–water partition coefficient (Wildman–Crippen LogP) is 4.25. The molecule has 1 aliphatic rings. The fraction of sp³-hybridized carbons (Fsp3) is 0.240. The number of piperidine rings is 1. The number of methoxy groups -OCH3 is 1. The zero-order valence-electron chi connectivity index (χ0n) is 17.5. The summed E-state index contributed by atoms with van der Waals surface area (Å²) in [5, 5.41) is 3.00. The Morgan fingerprint density at radius 2 is 1.81 bits per heavy atom. The van der Waals surface area contributed by atoms with Crippen molar-refractivity contribution in [3.8, 4) is 16.9 Å². The van der Waals surface area contributed by atoms with E-state index >= 15 is 0 Å². The number of carbonyl (C=O) groups is 2. The summed E-state index contributed by atoms with van der Waals surface area (Å²) >= 11 is 0. The lowest BCUT2D eigenvalue weighted by Gasteiger charge is -2.32. The molecule has 4 rings (SSSR count). The van der Waals surface area contributed by atoms with Crippen LogP contribution in [0.2, 0.25) is 0 Å². The maximum atomic E-state index is 12.8. The molecule has 31 heavy (non-hydrogen) atoms. The molecule has 0 spiro atoms. The Labute approximate surface area is 181 Å². The van der Waals surface area contributed by atoms with Crippen molar-refractivity contribution in [3.05, 3.63) is 78.6 Å². The molecule has 3 aromatic rings. The Hall–Kier alpha value is -3.67. The summed E-state index contributed by atoms with van der Waals surface area (Å²) in [6.45, 7) is 1.09. The van der Waals surface area contributed by atoms with Crippen molar-refractivity contribution < 1.29 is 14.3 Å². The molecule has 6 nitrogen and oxygen atoms in total. The average molecular weight is 415 g/mol. The van der Waals surface area contributed by atoms with E-state index in [0.29, 0.717) is 18.7 Å². The van der Waals surface area contributed by atoms with Crippen LogP contribution < -0.4 is 10.1 Å². The highest BCUT2D eigenvalue weighted by atomic mass is 16.5. The molecule has 1 aliphatic heterocycles. The highest BCUT2D eigenvalue weighted by molar-refractivity contribution is 5.96. The van der Waals surface area contributed by atoms with E-state index in [-0.39, 0.29) is 17.7 Å². The number of aromatic nitrogens is 1. The Bertz CT molecular complexity index is 1050. The Morgan fingerprint density at radius 3 is 2.55 bits per heavy atom. The van der Waals surface area contributed by atoms with Crippen LogP contribution in [0.1, 0.15) is 23.2 Å². The van der Waals surface area contributed by atoms with Crippen LogP contribution >= 0.6 is 0 Å². The number of hydrogen-bond donors (Lipinski definition) is 1. The molecule has 1 aromatic heterocycles. The molecule has 0 aliphatic carbocycles. The maximum absolute atomic E-state index is 12.8. The van der Waals surface area contributed by atoms with E-state index in [0.717, 1.165) is 35.4 Å². The molecule has 2 amide bonds. The van der Waals surface area contributed by atoms with Crippen molar-refractivity contribution in [3.63, 3.8) is 0 Å². The van der Waals surface area contributed by atoms with Gasteiger partial charge >= 0.3 is 0 Å². The normalized spacial score (nSPS) is 15.9. The molecule has 1 N–H and O–H groups in total. The van der Waals surface area contributed by atoms with Gasteiger partial charge in [-0.1, -0.05) is 24.3 Å². The third-order valence-electron chi connectivity index (χ3n) is 5.56. The van der Waals surface area contributed by atoms with Gasteiger partial charge in [-0.05, 0) is 60.4 Å². The van der Waals surface area contributed by atoms with Gasteiger partial charge in [0.05, 0.1) is 13.0 Å². The molecule has 1 atom stereocenters. The van der Waals surface area contributed by atoms with Gasteiger partial charge in [0.2, 0.25) is 5.91 Å². The van der Waals surface area contributed by atoms with Crippen LogP contribution in [0.4, 0.5) is 5.69 Å². The first-order valence-electron chi connectivity index (χ1n) is 10.4. The van der Waals surface area contributed by atoms with Gasteiger partial charge in [0.15, 0.2) is 0 Å². The molecule has 158 valence electrons. The van der Waals surface area contributed by atoms with Crippen LogP contribution in [-0.2, 0) is 4.79 Å². The van der Waals surface area contributed by atoms with Gasteiger partial charge in [0.25, 0.3) is 5.91 Å². The number of nitrogens with zero attached hydrogens (tertiary/aromatic N) is 2. The number of ether oxygens (including phenoxy) is 1. The molecule has 1 fully saturated rings. The van der Waals surface area contributed by atoms with Crippen LogP contribution in [0.5, 0.6) is 5.75 Å². The molecule has 0 bridgehead atoms. The van der Waals surface area contributed by atoms with E-state index in [1.54, 1.807) is 36.5 Å². The second kappa shape index (κ2) is 9.43. The minimum absolute atomic E-state index is 0.0532. The van der Waals surface area contributed by atoms with Gasteiger partial charge in [-0.2, -0.15) is 0 Å². The van der Waals surface area contributed by atoms with Crippen LogP contribution in [0.25, 0.3) is 11.1 Å². The second-order valence-electron chi connectivity index (χ2n) is 7.62. The molecule has 2 aromatic carbocycles. The number of anilines is 1. The predicted molar refractivity (Wildman–Crippen MR) is 120 cm³/mol. The Morgan fingerprint density at radius 1 is 1.03 bits per heavy atom. The van der Waals surface area contributed by atoms with Gasteiger partial charge < -0.3 is 15.0 Å². The number of nitrogens with one attached hydrogen (secondary N) is 1. The SMILES string of the molecule is COc1cccc(-c2ccc(NC(=O)[C@@H]3CCCN(C(=O)c4ccncc4)C3)cc2)c1. The first-order chi connectivity index (χ1) is 15.1. The summed E-state index contributed by atoms with van der Waals surface area (Å²) in [5.74, 6) is 0.472. The molecular formula is C25H25N3O3. The minimum Gasteiger partial charge on any atom is -0.497 e. The zero-order valence-corrected chi connectivity index (χ0v) is 17.5. The van der Waals surface area contributed by atoms with Crippen LogP contribution in [0, 0.1) is 5.92 Å². The van der Waals surface area contributed by atoms with Crippen molar-refractivity contribution in [1.29, 1.82) is 0 Å². The van der Waals surface area contributed by atoms with E-state index in [1.807, 2.05) is 48.5 Å². The molecule has 0 saturated carbocycles. The lowest BCUT2D eigenvalue weighted by Crippen LogP contribution is -2.43. The third kappa shape index (κ3) is 4.91. The molecule has 0 radical (unpaired) electrons. The molecule has 0 unspecified atom stereocenters. The van der Waals surface area contributed by atoms with Crippen molar-refractivity contribution >= 4 is 17.5 Å². The van der Waals surface area contributed by atoms with Crippen LogP contribution in [0.15, 0.2) is 73.1 Å². The second-order valence-corrected chi connectivity index (χ2v) is 7.62. The highest BCUT2D eigenvalue weighted by Gasteiger charge is 2.29. The smallest absolute Gasteiger partial charge is 0.253 e. The van der Waals surface area contributed by atoms with Crippen molar-refractivity contribution in [2.75, 3.05) is 25.5 Å². The quantitative estimate of drug-likeness (QED) is 0.676. The number of benzene rings is 2. The zero-order chi connectivity index (χ0) is 21.6. The van der Waals surface area contributed by atoms with Gasteiger partial charge in [-0.25, -0.2) is 0 Å². The Kier molecular flexibility index (Phi) is 6.26. The van der Waals surface area contributed by atoms with E-state index in [9.17, 15) is 9.59 Å². The van der Waals surface area contributed by atoms with Gasteiger partial charge in [-0.15, -0.1) is 0 Å². The minimum atomic E-state index is -0.224. The fourth-order valence-electron chi connectivity index (χ4n) is 3.85. The summed E-state index contributed by atoms with van der Waals surface area (Å²) in [5.41, 5.74) is 3.44. The summed E-state index contributed by atoms with van der Waals surface area (Å²) in [7, 11) is 1.65. The van der Waals surface area contributed by atoms with E-state index in [1.165, 1.54) is 0 Å². The lowest BCUT2D eigenvalue weighted by atomic mass is 9.96. The number of rotatable bonds is 5. The maximum Gasteiger partial charge on any atom is 0.253 e. The standard InChI is InChI=1S/C25H25N3O3/c1-31-23-6-2-4-20(16-23)18-7-9-22(10-8-18)27-24(29)21-5-3-15-28(17-21)25(30)19-11-13-26-14-12-19/h2,4,6-14,16,21H,3,5,15,17H2,1H3,(H,27,29)/t21-/m1/s1. The summed E-state index contributed by atoms with van der Waals surface area (Å²) in [6.07, 6.45) is 4.80. The topological polar surface area (TPSA) is 71.5 Å². The van der Waals surface area contributed by atoms with Gasteiger partial charge in [0.1, 0.15) is 5.75 Å². The fourth-order valence-corrected chi connectivity index (χ4v) is 3.85. The first-order valence-corrected chi connectivity index (χ1v) is 10.4. The monoisotopic (exact) mass is 415 g/mol. The molecule has 6 heteroatoms. The number of hydrogen-bond acceptors (Lipinski definition) is 4. The molecule has 2 heterocycles. The number of carbonyl (C=O) groups excluding carboxylic acids is 2. The first kappa shape index (κ1) is 20.6. The largest absolute Gasteiger partial charge is 0.497 e. The van der Waals surface area contributed by atoms with Crippen molar-refractivity contribution in [1.82, 2.24) is 9.88 Å². The van der Waals surface area contributed by atoms with Crippen molar-refractivity contribution in [2.24, 2.45) is 5.92 Å². The van der Waals surface area contributed by atoms with Crippen molar-refractivity contribution in [2.45, 2.75) is 12.8 Å². The Balaban J connectivity index is 1.39. The number of likely N-dealkylation sites (tertiary alicyclic amines) is 1. The highest BCUT2D eigenvalue weighted by Crippen LogP contribution is 2.26. The molecule has 1 saturated heterocycles. The van der Waals surface area contributed by atoms with Crippen LogP contribution in [0.3, 0.4) is 0 Å². The summed E-state index contributed by atoms with van der Waals surface area (Å²) in [6, 6.07) is 19.0. The number of amides is 2. The lowest BCUT2D eigenvalue weighted by molar-refractivity contribution is -0.121. The molecular weight excluding hydrogens is 390 g/mol. The third-order valence-corrected chi connectivity index (χ3v) is 5.56. The average Bonchev–Trinajstić information content (AvgIpc) is 2.84. The van der Waals surface area contributed by atoms with Gasteiger partial charge in [-0.3, -0.25) is 14.6 Å². The number of pyridine rings is 1. The van der Waals surface area contributed by atoms with Crippen LogP contribution in [-0.4, -0.2) is 41.9 Å². The summed E-state index contributed by atoms with van der Waals surface area (Å²) in [4.78, 5) is 31.3.